The number of benzene rings is 1. The van der Waals surface area contributed by atoms with Gasteiger partial charge < -0.3 is 5.32 Å². The highest BCUT2D eigenvalue weighted by Gasteiger charge is 2.36. The molecule has 1 fully saturated rings. The van der Waals surface area contributed by atoms with Gasteiger partial charge in [0.25, 0.3) is 0 Å². The minimum atomic E-state index is -3.76. The Kier molecular flexibility index (Phi) is 6.74. The molecule has 1 saturated carbocycles. The third-order valence-electron chi connectivity index (χ3n) is 4.97. The molecule has 2 rings (SSSR count). The molecule has 6 heteroatoms. The highest BCUT2D eigenvalue weighted by atomic mass is 32.2. The summed E-state index contributed by atoms with van der Waals surface area (Å²) in [6, 6.07) is 3.68. The van der Waals surface area contributed by atoms with Gasteiger partial charge in [-0.15, -0.1) is 0 Å². The van der Waals surface area contributed by atoms with Gasteiger partial charge in [-0.25, -0.2) is 8.42 Å². The van der Waals surface area contributed by atoms with E-state index in [9.17, 15) is 13.2 Å². The number of hydrogen-bond acceptors (Lipinski definition) is 3. The van der Waals surface area contributed by atoms with Crippen molar-refractivity contribution >= 4 is 15.9 Å². The maximum atomic E-state index is 13.6. The molecule has 0 bridgehead atoms. The molecule has 0 unspecified atom stereocenters. The van der Waals surface area contributed by atoms with Gasteiger partial charge in [0.2, 0.25) is 15.9 Å². The van der Waals surface area contributed by atoms with Crippen LogP contribution in [0, 0.1) is 20.8 Å². The highest BCUT2D eigenvalue weighted by Crippen LogP contribution is 2.31. The Morgan fingerprint density at radius 2 is 1.59 bits per heavy atom. The fraction of sp³-hybridized carbons (Fsp3) is 0.667. The second-order valence-corrected chi connectivity index (χ2v) is 10.7. The van der Waals surface area contributed by atoms with Crippen molar-refractivity contribution < 1.29 is 13.2 Å². The minimum absolute atomic E-state index is 0.116. The topological polar surface area (TPSA) is 66.5 Å². The van der Waals surface area contributed by atoms with E-state index in [-0.39, 0.29) is 18.5 Å². The van der Waals surface area contributed by atoms with E-state index in [1.54, 1.807) is 0 Å². The summed E-state index contributed by atoms with van der Waals surface area (Å²) in [6.45, 7) is 11.2. The Bertz CT molecular complexity index is 765. The number of nitrogens with zero attached hydrogens (tertiary/aromatic N) is 1. The smallest absolute Gasteiger partial charge is 0.244 e. The SMILES string of the molecule is Cc1cc(C)c(S(=O)(=O)N(CC(=O)NC(C)(C)C)C2CCCCC2)c(C)c1. The van der Waals surface area contributed by atoms with Crippen molar-refractivity contribution in [3.8, 4) is 0 Å². The zero-order valence-electron chi connectivity index (χ0n) is 17.6. The van der Waals surface area contributed by atoms with E-state index in [4.69, 9.17) is 0 Å². The van der Waals surface area contributed by atoms with E-state index in [0.29, 0.717) is 4.90 Å². The van der Waals surface area contributed by atoms with Gasteiger partial charge in [-0.3, -0.25) is 4.79 Å². The van der Waals surface area contributed by atoms with E-state index < -0.39 is 15.6 Å². The van der Waals surface area contributed by atoms with Crippen LogP contribution in [0.4, 0.5) is 0 Å². The number of hydrogen-bond donors (Lipinski definition) is 1. The molecular weight excluding hydrogens is 360 g/mol. The van der Waals surface area contributed by atoms with Crippen LogP contribution in [0.25, 0.3) is 0 Å². The van der Waals surface area contributed by atoms with Crippen molar-refractivity contribution in [2.75, 3.05) is 6.54 Å². The summed E-state index contributed by atoms with van der Waals surface area (Å²) in [5, 5.41) is 2.91. The Labute approximate surface area is 164 Å². The van der Waals surface area contributed by atoms with Crippen LogP contribution < -0.4 is 5.32 Å². The molecular formula is C21H34N2O3S. The van der Waals surface area contributed by atoms with E-state index >= 15 is 0 Å². The maximum absolute atomic E-state index is 13.6. The van der Waals surface area contributed by atoms with Crippen LogP contribution in [0.2, 0.25) is 0 Å². The van der Waals surface area contributed by atoms with Crippen LogP contribution in [0.15, 0.2) is 17.0 Å². The standard InChI is InChI=1S/C21H34N2O3S/c1-15-12-16(2)20(17(3)13-15)27(25,26)23(18-10-8-7-9-11-18)14-19(24)22-21(4,5)6/h12-13,18H,7-11,14H2,1-6H3,(H,22,24). The zero-order chi connectivity index (χ0) is 20.4. The summed E-state index contributed by atoms with van der Waals surface area (Å²) < 4.78 is 28.7. The number of sulfonamides is 1. The fourth-order valence-corrected chi connectivity index (χ4v) is 6.13. The molecule has 27 heavy (non-hydrogen) atoms. The average Bonchev–Trinajstić information content (AvgIpc) is 2.50. The van der Waals surface area contributed by atoms with Crippen molar-refractivity contribution in [3.63, 3.8) is 0 Å². The van der Waals surface area contributed by atoms with Crippen LogP contribution >= 0.6 is 0 Å². The number of carbonyl (C=O) groups is 1. The van der Waals surface area contributed by atoms with Gasteiger partial charge in [0.05, 0.1) is 11.4 Å². The highest BCUT2D eigenvalue weighted by molar-refractivity contribution is 7.89. The molecule has 1 aromatic carbocycles. The molecule has 0 spiro atoms. The predicted octanol–water partition coefficient (Wildman–Crippen LogP) is 3.85. The van der Waals surface area contributed by atoms with E-state index in [2.05, 4.69) is 5.32 Å². The molecule has 1 aliphatic rings. The van der Waals surface area contributed by atoms with Crippen LogP contribution in [0.1, 0.15) is 69.6 Å². The molecule has 0 heterocycles. The average molecular weight is 395 g/mol. The molecule has 0 aliphatic heterocycles. The lowest BCUT2D eigenvalue weighted by molar-refractivity contribution is -0.123. The molecule has 1 aliphatic carbocycles. The Balaban J connectivity index is 2.44. The van der Waals surface area contributed by atoms with Crippen molar-refractivity contribution in [1.82, 2.24) is 9.62 Å². The van der Waals surface area contributed by atoms with Crippen LogP contribution in [-0.4, -0.2) is 36.8 Å². The lowest BCUT2D eigenvalue weighted by atomic mass is 9.95. The summed E-state index contributed by atoms with van der Waals surface area (Å²) in [4.78, 5) is 12.9. The largest absolute Gasteiger partial charge is 0.350 e. The van der Waals surface area contributed by atoms with Crippen LogP contribution in [-0.2, 0) is 14.8 Å². The Morgan fingerprint density at radius 1 is 1.07 bits per heavy atom. The lowest BCUT2D eigenvalue weighted by Gasteiger charge is -2.34. The van der Waals surface area contributed by atoms with Crippen LogP contribution in [0.3, 0.4) is 0 Å². The number of nitrogens with one attached hydrogen (secondary N) is 1. The van der Waals surface area contributed by atoms with Gasteiger partial charge in [0, 0.05) is 11.6 Å². The quantitative estimate of drug-likeness (QED) is 0.825. The maximum Gasteiger partial charge on any atom is 0.244 e. The Morgan fingerprint density at radius 3 is 2.07 bits per heavy atom. The van der Waals surface area contributed by atoms with Gasteiger partial charge in [0.1, 0.15) is 0 Å². The molecule has 5 nitrogen and oxygen atoms in total. The molecule has 0 saturated heterocycles. The second kappa shape index (κ2) is 8.31. The normalized spacial score (nSPS) is 16.6. The van der Waals surface area contributed by atoms with Crippen molar-refractivity contribution in [3.05, 3.63) is 28.8 Å². The first kappa shape index (κ1) is 21.9. The Hall–Kier alpha value is -1.40. The third-order valence-corrected chi connectivity index (χ3v) is 7.17. The lowest BCUT2D eigenvalue weighted by Crippen LogP contribution is -2.50. The predicted molar refractivity (Wildman–Crippen MR) is 109 cm³/mol. The number of aryl methyl sites for hydroxylation is 3. The van der Waals surface area contributed by atoms with E-state index in [0.717, 1.165) is 48.8 Å². The third kappa shape index (κ3) is 5.55. The molecule has 0 radical (unpaired) electrons. The van der Waals surface area contributed by atoms with Gasteiger partial charge in [-0.05, 0) is 65.5 Å². The molecule has 152 valence electrons. The molecule has 1 aromatic rings. The van der Waals surface area contributed by atoms with Gasteiger partial charge >= 0.3 is 0 Å². The minimum Gasteiger partial charge on any atom is -0.350 e. The molecule has 1 amide bonds. The van der Waals surface area contributed by atoms with E-state index in [1.165, 1.54) is 4.31 Å². The summed E-state index contributed by atoms with van der Waals surface area (Å²) >= 11 is 0. The first-order valence-electron chi connectivity index (χ1n) is 9.82. The second-order valence-electron chi connectivity index (χ2n) is 8.87. The van der Waals surface area contributed by atoms with Crippen LogP contribution in [0.5, 0.6) is 0 Å². The summed E-state index contributed by atoms with van der Waals surface area (Å²) in [5.74, 6) is -0.251. The first-order chi connectivity index (χ1) is 12.4. The fourth-order valence-electron chi connectivity index (χ4n) is 4.07. The number of amides is 1. The van der Waals surface area contributed by atoms with Gasteiger partial charge in [-0.1, -0.05) is 37.0 Å². The molecule has 0 aromatic heterocycles. The van der Waals surface area contributed by atoms with Crippen molar-refractivity contribution in [2.24, 2.45) is 0 Å². The first-order valence-corrected chi connectivity index (χ1v) is 11.3. The molecule has 0 atom stereocenters. The monoisotopic (exact) mass is 394 g/mol. The van der Waals surface area contributed by atoms with Gasteiger partial charge in [-0.2, -0.15) is 4.31 Å². The molecule has 1 N–H and O–H groups in total. The van der Waals surface area contributed by atoms with E-state index in [1.807, 2.05) is 53.7 Å². The number of rotatable bonds is 5. The summed E-state index contributed by atoms with van der Waals surface area (Å²) in [6.07, 6.45) is 4.76. The summed E-state index contributed by atoms with van der Waals surface area (Å²) in [7, 11) is -3.76. The summed E-state index contributed by atoms with van der Waals surface area (Å²) in [5.41, 5.74) is 2.13. The van der Waals surface area contributed by atoms with Crippen molar-refractivity contribution in [1.29, 1.82) is 0 Å². The zero-order valence-corrected chi connectivity index (χ0v) is 18.4. The van der Waals surface area contributed by atoms with Crippen molar-refractivity contribution in [2.45, 2.75) is 90.1 Å². The number of carbonyl (C=O) groups excluding carboxylic acids is 1. The van der Waals surface area contributed by atoms with Gasteiger partial charge in [0.15, 0.2) is 0 Å².